The fraction of sp³-hybridized carbons (Fsp3) is 0.316. The van der Waals surface area contributed by atoms with Crippen molar-refractivity contribution in [1.29, 1.82) is 0 Å². The Balaban J connectivity index is 1.46. The largest absolute Gasteiger partial charge is 0.322 e. The van der Waals surface area contributed by atoms with Crippen LogP contribution in [0, 0.1) is 11.6 Å². The van der Waals surface area contributed by atoms with Gasteiger partial charge in [-0.1, -0.05) is 29.8 Å². The molecule has 2 aromatic carbocycles. The van der Waals surface area contributed by atoms with Gasteiger partial charge in [0, 0.05) is 38.4 Å². The number of carbonyl (C=O) groups is 1. The van der Waals surface area contributed by atoms with Gasteiger partial charge in [0.25, 0.3) is 0 Å². The molecule has 1 saturated heterocycles. The Morgan fingerprint density at radius 1 is 1.04 bits per heavy atom. The van der Waals surface area contributed by atoms with Gasteiger partial charge < -0.3 is 10.2 Å². The fourth-order valence-corrected chi connectivity index (χ4v) is 3.11. The third-order valence-corrected chi connectivity index (χ3v) is 4.78. The standard InChI is InChI=1S/C19H20ClF2N3O/c20-16-13-15(5-6-18(16)22)23-19(26)25-11-9-24(10-12-25)8-7-14-3-1-2-4-17(14)21/h1-6,13H,7-12H2,(H,23,26). The predicted molar refractivity (Wildman–Crippen MR) is 98.5 cm³/mol. The molecule has 0 radical (unpaired) electrons. The lowest BCUT2D eigenvalue weighted by atomic mass is 10.1. The third-order valence-electron chi connectivity index (χ3n) is 4.49. The lowest BCUT2D eigenvalue weighted by Crippen LogP contribution is -2.50. The first-order chi connectivity index (χ1) is 12.5. The SMILES string of the molecule is O=C(Nc1ccc(F)c(Cl)c1)N1CCN(CCc2ccccc2F)CC1. The number of amides is 2. The van der Waals surface area contributed by atoms with E-state index in [1.807, 2.05) is 6.07 Å². The van der Waals surface area contributed by atoms with Gasteiger partial charge >= 0.3 is 6.03 Å². The molecule has 0 aliphatic carbocycles. The number of carbonyl (C=O) groups excluding carboxylic acids is 1. The zero-order valence-corrected chi connectivity index (χ0v) is 15.0. The summed E-state index contributed by atoms with van der Waals surface area (Å²) in [6.07, 6.45) is 0.646. The van der Waals surface area contributed by atoms with Crippen LogP contribution in [0.2, 0.25) is 5.02 Å². The van der Waals surface area contributed by atoms with Crippen molar-refractivity contribution in [3.63, 3.8) is 0 Å². The Labute approximate surface area is 156 Å². The minimum atomic E-state index is -0.520. The Morgan fingerprint density at radius 3 is 2.46 bits per heavy atom. The van der Waals surface area contributed by atoms with E-state index in [1.54, 1.807) is 17.0 Å². The van der Waals surface area contributed by atoms with Crippen LogP contribution < -0.4 is 5.32 Å². The lowest BCUT2D eigenvalue weighted by molar-refractivity contribution is 0.148. The van der Waals surface area contributed by atoms with E-state index in [4.69, 9.17) is 11.6 Å². The number of piperazine rings is 1. The van der Waals surface area contributed by atoms with Crippen LogP contribution in [0.25, 0.3) is 0 Å². The molecule has 3 rings (SSSR count). The van der Waals surface area contributed by atoms with Crippen LogP contribution in [0.15, 0.2) is 42.5 Å². The minimum Gasteiger partial charge on any atom is -0.322 e. The monoisotopic (exact) mass is 379 g/mol. The molecule has 2 aromatic rings. The van der Waals surface area contributed by atoms with E-state index in [-0.39, 0.29) is 16.9 Å². The molecule has 4 nitrogen and oxygen atoms in total. The van der Waals surface area contributed by atoms with E-state index in [1.165, 1.54) is 24.3 Å². The molecular formula is C19H20ClF2N3O. The predicted octanol–water partition coefficient (Wildman–Crippen LogP) is 4.01. The number of benzene rings is 2. The summed E-state index contributed by atoms with van der Waals surface area (Å²) >= 11 is 5.73. The number of rotatable bonds is 4. The summed E-state index contributed by atoms with van der Waals surface area (Å²) in [6.45, 7) is 3.37. The van der Waals surface area contributed by atoms with Crippen LogP contribution in [0.1, 0.15) is 5.56 Å². The van der Waals surface area contributed by atoms with Crippen molar-refractivity contribution in [2.24, 2.45) is 0 Å². The Morgan fingerprint density at radius 2 is 1.77 bits per heavy atom. The quantitative estimate of drug-likeness (QED) is 0.871. The molecule has 1 aliphatic rings. The number of nitrogens with one attached hydrogen (secondary N) is 1. The fourth-order valence-electron chi connectivity index (χ4n) is 2.93. The van der Waals surface area contributed by atoms with Gasteiger partial charge in [-0.05, 0) is 36.2 Å². The van der Waals surface area contributed by atoms with Crippen molar-refractivity contribution in [2.45, 2.75) is 6.42 Å². The molecule has 1 fully saturated rings. The highest BCUT2D eigenvalue weighted by atomic mass is 35.5. The van der Waals surface area contributed by atoms with Gasteiger partial charge in [-0.3, -0.25) is 4.90 Å². The highest BCUT2D eigenvalue weighted by molar-refractivity contribution is 6.31. The number of urea groups is 1. The molecule has 0 spiro atoms. The molecule has 0 aromatic heterocycles. The van der Waals surface area contributed by atoms with E-state index in [0.29, 0.717) is 30.8 Å². The van der Waals surface area contributed by atoms with Gasteiger partial charge in [0.05, 0.1) is 5.02 Å². The van der Waals surface area contributed by atoms with Crippen molar-refractivity contribution in [2.75, 3.05) is 38.0 Å². The zero-order chi connectivity index (χ0) is 18.5. The number of halogens is 3. The van der Waals surface area contributed by atoms with Crippen LogP contribution in [0.5, 0.6) is 0 Å². The summed E-state index contributed by atoms with van der Waals surface area (Å²) in [5.41, 5.74) is 1.17. The molecular weight excluding hydrogens is 360 g/mol. The first-order valence-electron chi connectivity index (χ1n) is 8.49. The molecule has 0 atom stereocenters. The van der Waals surface area contributed by atoms with Crippen molar-refractivity contribution in [3.8, 4) is 0 Å². The van der Waals surface area contributed by atoms with E-state index >= 15 is 0 Å². The molecule has 26 heavy (non-hydrogen) atoms. The first-order valence-corrected chi connectivity index (χ1v) is 8.87. The van der Waals surface area contributed by atoms with Crippen LogP contribution in [0.4, 0.5) is 19.3 Å². The molecule has 7 heteroatoms. The molecule has 1 aliphatic heterocycles. The number of hydrogen-bond acceptors (Lipinski definition) is 2. The van der Waals surface area contributed by atoms with Gasteiger partial charge in [-0.2, -0.15) is 0 Å². The van der Waals surface area contributed by atoms with Crippen molar-refractivity contribution < 1.29 is 13.6 Å². The maximum atomic E-state index is 13.7. The van der Waals surface area contributed by atoms with Crippen molar-refractivity contribution >= 4 is 23.3 Å². The minimum absolute atomic E-state index is 0.0271. The third kappa shape index (κ3) is 4.71. The Hall–Kier alpha value is -2.18. The van der Waals surface area contributed by atoms with Crippen molar-refractivity contribution in [1.82, 2.24) is 9.80 Å². The summed E-state index contributed by atoms with van der Waals surface area (Å²) in [5.74, 6) is -0.698. The van der Waals surface area contributed by atoms with Gasteiger partial charge in [0.15, 0.2) is 0 Å². The topological polar surface area (TPSA) is 35.6 Å². The van der Waals surface area contributed by atoms with E-state index in [9.17, 15) is 13.6 Å². The van der Waals surface area contributed by atoms with Crippen LogP contribution in [-0.2, 0) is 6.42 Å². The van der Waals surface area contributed by atoms with Crippen LogP contribution >= 0.6 is 11.6 Å². The second-order valence-corrected chi connectivity index (χ2v) is 6.64. The van der Waals surface area contributed by atoms with Gasteiger partial charge in [-0.25, -0.2) is 13.6 Å². The summed E-state index contributed by atoms with van der Waals surface area (Å²) < 4.78 is 26.8. The summed E-state index contributed by atoms with van der Waals surface area (Å²) in [4.78, 5) is 16.2. The van der Waals surface area contributed by atoms with Gasteiger partial charge in [-0.15, -0.1) is 0 Å². The number of nitrogens with zero attached hydrogens (tertiary/aromatic N) is 2. The highest BCUT2D eigenvalue weighted by Crippen LogP contribution is 2.20. The molecule has 1 N–H and O–H groups in total. The molecule has 0 unspecified atom stereocenters. The summed E-state index contributed by atoms with van der Waals surface area (Å²) in [6, 6.07) is 10.6. The maximum Gasteiger partial charge on any atom is 0.321 e. The molecule has 0 bridgehead atoms. The van der Waals surface area contributed by atoms with E-state index in [2.05, 4.69) is 10.2 Å². The van der Waals surface area contributed by atoms with Gasteiger partial charge in [0.2, 0.25) is 0 Å². The summed E-state index contributed by atoms with van der Waals surface area (Å²) in [7, 11) is 0. The number of hydrogen-bond donors (Lipinski definition) is 1. The highest BCUT2D eigenvalue weighted by Gasteiger charge is 2.21. The Bertz CT molecular complexity index is 779. The molecule has 2 amide bonds. The normalized spacial score (nSPS) is 15.1. The first kappa shape index (κ1) is 18.6. The second-order valence-electron chi connectivity index (χ2n) is 6.23. The molecule has 0 saturated carbocycles. The second kappa shape index (κ2) is 8.47. The van der Waals surface area contributed by atoms with Crippen molar-refractivity contribution in [3.05, 3.63) is 64.7 Å². The zero-order valence-electron chi connectivity index (χ0n) is 14.2. The van der Waals surface area contributed by atoms with Gasteiger partial charge in [0.1, 0.15) is 11.6 Å². The average molecular weight is 380 g/mol. The van der Waals surface area contributed by atoms with Crippen LogP contribution in [0.3, 0.4) is 0 Å². The molecule has 1 heterocycles. The number of anilines is 1. The van der Waals surface area contributed by atoms with E-state index in [0.717, 1.165) is 19.6 Å². The Kier molecular flexibility index (Phi) is 6.06. The molecule has 138 valence electrons. The summed E-state index contributed by atoms with van der Waals surface area (Å²) in [5, 5.41) is 2.70. The van der Waals surface area contributed by atoms with Crippen LogP contribution in [-0.4, -0.2) is 48.6 Å². The lowest BCUT2D eigenvalue weighted by Gasteiger charge is -2.34. The van der Waals surface area contributed by atoms with E-state index < -0.39 is 5.82 Å². The average Bonchev–Trinajstić information content (AvgIpc) is 2.64. The smallest absolute Gasteiger partial charge is 0.321 e. The maximum absolute atomic E-state index is 13.7.